The van der Waals surface area contributed by atoms with Crippen molar-refractivity contribution >= 4 is 0 Å². The van der Waals surface area contributed by atoms with Gasteiger partial charge >= 0.3 is 0 Å². The SMILES string of the molecule is c1ccc(CN2CCC3(CC2)OCCc2cc(OC4CCOC4)ccc23)nc1. The van der Waals surface area contributed by atoms with Crippen molar-refractivity contribution in [1.82, 2.24) is 9.88 Å². The van der Waals surface area contributed by atoms with Crippen molar-refractivity contribution in [2.24, 2.45) is 0 Å². The molecule has 0 aliphatic carbocycles. The maximum absolute atomic E-state index is 6.40. The zero-order chi connectivity index (χ0) is 18.8. The maximum atomic E-state index is 6.40. The third kappa shape index (κ3) is 3.66. The van der Waals surface area contributed by atoms with Crippen molar-refractivity contribution in [2.75, 3.05) is 32.9 Å². The number of hydrogen-bond acceptors (Lipinski definition) is 5. The van der Waals surface area contributed by atoms with Gasteiger partial charge in [0.25, 0.3) is 0 Å². The van der Waals surface area contributed by atoms with Gasteiger partial charge in [0.2, 0.25) is 0 Å². The number of likely N-dealkylation sites (tertiary alicyclic amines) is 1. The van der Waals surface area contributed by atoms with E-state index in [1.807, 2.05) is 12.3 Å². The van der Waals surface area contributed by atoms with E-state index in [0.29, 0.717) is 6.61 Å². The second-order valence-corrected chi connectivity index (χ2v) is 8.11. The third-order valence-electron chi connectivity index (χ3n) is 6.28. The summed E-state index contributed by atoms with van der Waals surface area (Å²) < 4.78 is 18.0. The van der Waals surface area contributed by atoms with Crippen LogP contribution in [0.25, 0.3) is 0 Å². The smallest absolute Gasteiger partial charge is 0.124 e. The molecule has 2 saturated heterocycles. The summed E-state index contributed by atoms with van der Waals surface area (Å²) in [4.78, 5) is 6.96. The summed E-state index contributed by atoms with van der Waals surface area (Å²) in [6.07, 6.45) is 6.08. The minimum absolute atomic E-state index is 0.136. The lowest BCUT2D eigenvalue weighted by molar-refractivity contribution is -0.0990. The van der Waals surface area contributed by atoms with Crippen LogP contribution < -0.4 is 4.74 Å². The highest BCUT2D eigenvalue weighted by Gasteiger charge is 2.40. The van der Waals surface area contributed by atoms with Gasteiger partial charge in [-0.1, -0.05) is 12.1 Å². The van der Waals surface area contributed by atoms with Crippen LogP contribution in [0.15, 0.2) is 42.6 Å². The molecule has 0 N–H and O–H groups in total. The van der Waals surface area contributed by atoms with E-state index in [0.717, 1.165) is 70.0 Å². The van der Waals surface area contributed by atoms with Gasteiger partial charge < -0.3 is 14.2 Å². The lowest BCUT2D eigenvalue weighted by Gasteiger charge is -2.45. The normalized spacial score (nSPS) is 24.2. The Balaban J connectivity index is 1.28. The molecule has 5 rings (SSSR count). The molecule has 1 aromatic carbocycles. The predicted molar refractivity (Wildman–Crippen MR) is 106 cm³/mol. The van der Waals surface area contributed by atoms with E-state index in [9.17, 15) is 0 Å². The number of rotatable bonds is 4. The molecule has 0 bridgehead atoms. The Bertz CT molecular complexity index is 797. The molecule has 1 unspecified atom stereocenters. The molecular formula is C23H28N2O3. The highest BCUT2D eigenvalue weighted by atomic mass is 16.5. The number of aromatic nitrogens is 1. The largest absolute Gasteiger partial charge is 0.488 e. The van der Waals surface area contributed by atoms with Crippen LogP contribution in [-0.2, 0) is 28.0 Å². The van der Waals surface area contributed by atoms with Gasteiger partial charge in [-0.05, 0) is 54.7 Å². The summed E-state index contributed by atoms with van der Waals surface area (Å²) in [6.45, 7) is 5.29. The minimum atomic E-state index is -0.136. The number of ether oxygens (including phenoxy) is 3. The summed E-state index contributed by atoms with van der Waals surface area (Å²) in [5, 5.41) is 0. The first kappa shape index (κ1) is 18.1. The van der Waals surface area contributed by atoms with E-state index in [4.69, 9.17) is 14.2 Å². The third-order valence-corrected chi connectivity index (χ3v) is 6.28. The van der Waals surface area contributed by atoms with Gasteiger partial charge in [0.15, 0.2) is 0 Å². The van der Waals surface area contributed by atoms with Crippen LogP contribution >= 0.6 is 0 Å². The molecule has 4 heterocycles. The Kier molecular flexibility index (Phi) is 5.05. The van der Waals surface area contributed by atoms with Gasteiger partial charge in [-0.2, -0.15) is 0 Å². The van der Waals surface area contributed by atoms with Crippen LogP contribution in [0.3, 0.4) is 0 Å². The molecule has 2 fully saturated rings. The molecule has 1 spiro atoms. The van der Waals surface area contributed by atoms with Gasteiger partial charge in [0.05, 0.1) is 31.1 Å². The molecule has 28 heavy (non-hydrogen) atoms. The van der Waals surface area contributed by atoms with E-state index >= 15 is 0 Å². The summed E-state index contributed by atoms with van der Waals surface area (Å²) >= 11 is 0. The monoisotopic (exact) mass is 380 g/mol. The summed E-state index contributed by atoms with van der Waals surface area (Å²) in [5.74, 6) is 0.971. The molecule has 148 valence electrons. The van der Waals surface area contributed by atoms with Crippen LogP contribution in [-0.4, -0.2) is 48.9 Å². The van der Waals surface area contributed by atoms with Gasteiger partial charge in [-0.25, -0.2) is 0 Å². The zero-order valence-corrected chi connectivity index (χ0v) is 16.3. The fraction of sp³-hybridized carbons (Fsp3) is 0.522. The predicted octanol–water partition coefficient (Wildman–Crippen LogP) is 3.31. The van der Waals surface area contributed by atoms with Crippen molar-refractivity contribution in [3.63, 3.8) is 0 Å². The van der Waals surface area contributed by atoms with Crippen molar-refractivity contribution in [3.8, 4) is 5.75 Å². The Morgan fingerprint density at radius 1 is 1.14 bits per heavy atom. The minimum Gasteiger partial charge on any atom is -0.488 e. The number of fused-ring (bicyclic) bond motifs is 2. The van der Waals surface area contributed by atoms with Crippen molar-refractivity contribution < 1.29 is 14.2 Å². The van der Waals surface area contributed by atoms with Crippen LogP contribution in [0.5, 0.6) is 5.75 Å². The lowest BCUT2D eigenvalue weighted by Crippen LogP contribution is -2.46. The molecule has 2 aromatic rings. The standard InChI is InChI=1S/C23H28N2O3/c1-2-10-24-19(3-1)16-25-11-8-23(9-12-25)22-5-4-20(15-18(22)6-14-27-23)28-21-7-13-26-17-21/h1-5,10,15,21H,6-9,11-14,16-17H2. The molecule has 0 radical (unpaired) electrons. The highest BCUT2D eigenvalue weighted by molar-refractivity contribution is 5.41. The van der Waals surface area contributed by atoms with Crippen molar-refractivity contribution in [3.05, 3.63) is 59.4 Å². The number of piperidine rings is 1. The van der Waals surface area contributed by atoms with Crippen LogP contribution in [0.4, 0.5) is 0 Å². The van der Waals surface area contributed by atoms with Crippen molar-refractivity contribution in [2.45, 2.75) is 43.9 Å². The lowest BCUT2D eigenvalue weighted by atomic mass is 9.79. The van der Waals surface area contributed by atoms with Crippen LogP contribution in [0.2, 0.25) is 0 Å². The van der Waals surface area contributed by atoms with Crippen LogP contribution in [0.1, 0.15) is 36.1 Å². The second kappa shape index (κ2) is 7.82. The Morgan fingerprint density at radius 3 is 2.86 bits per heavy atom. The summed E-state index contributed by atoms with van der Waals surface area (Å²) in [6, 6.07) is 12.7. The number of pyridine rings is 1. The molecule has 0 amide bonds. The molecule has 3 aliphatic heterocycles. The Hall–Kier alpha value is -1.95. The first-order valence-corrected chi connectivity index (χ1v) is 10.4. The van der Waals surface area contributed by atoms with Gasteiger partial charge in [0.1, 0.15) is 11.9 Å². The van der Waals surface area contributed by atoms with E-state index in [1.54, 1.807) is 0 Å². The average Bonchev–Trinajstić information content (AvgIpc) is 3.24. The first-order chi connectivity index (χ1) is 13.8. The molecule has 3 aliphatic rings. The van der Waals surface area contributed by atoms with Gasteiger partial charge in [-0.3, -0.25) is 9.88 Å². The second-order valence-electron chi connectivity index (χ2n) is 8.11. The van der Waals surface area contributed by atoms with E-state index in [-0.39, 0.29) is 11.7 Å². The van der Waals surface area contributed by atoms with E-state index in [2.05, 4.69) is 40.2 Å². The fourth-order valence-electron chi connectivity index (χ4n) is 4.73. The number of benzene rings is 1. The maximum Gasteiger partial charge on any atom is 0.124 e. The molecule has 1 atom stereocenters. The molecule has 0 saturated carbocycles. The zero-order valence-electron chi connectivity index (χ0n) is 16.3. The van der Waals surface area contributed by atoms with Crippen molar-refractivity contribution in [1.29, 1.82) is 0 Å². The molecular weight excluding hydrogens is 352 g/mol. The van der Waals surface area contributed by atoms with E-state index < -0.39 is 0 Å². The topological polar surface area (TPSA) is 43.8 Å². The van der Waals surface area contributed by atoms with Gasteiger partial charge in [-0.15, -0.1) is 0 Å². The molecule has 5 heteroatoms. The highest BCUT2D eigenvalue weighted by Crippen LogP contribution is 2.42. The Labute approximate surface area is 166 Å². The van der Waals surface area contributed by atoms with Crippen LogP contribution in [0, 0.1) is 0 Å². The summed E-state index contributed by atoms with van der Waals surface area (Å²) in [7, 11) is 0. The summed E-state index contributed by atoms with van der Waals surface area (Å²) in [5.41, 5.74) is 3.76. The van der Waals surface area contributed by atoms with E-state index in [1.165, 1.54) is 11.1 Å². The Morgan fingerprint density at radius 2 is 2.07 bits per heavy atom. The first-order valence-electron chi connectivity index (χ1n) is 10.4. The quantitative estimate of drug-likeness (QED) is 0.814. The average molecular weight is 380 g/mol. The van der Waals surface area contributed by atoms with Gasteiger partial charge in [0, 0.05) is 32.3 Å². The fourth-order valence-corrected chi connectivity index (χ4v) is 4.73. The molecule has 5 nitrogen and oxygen atoms in total. The number of nitrogens with zero attached hydrogens (tertiary/aromatic N) is 2. The number of hydrogen-bond donors (Lipinski definition) is 0. The molecule has 1 aromatic heterocycles.